The summed E-state index contributed by atoms with van der Waals surface area (Å²) in [5.74, 6) is -1.60. The molecular weight excluding hydrogens is 261 g/mol. The molecule has 4 nitrogen and oxygen atoms in total. The van der Waals surface area contributed by atoms with Crippen molar-refractivity contribution in [1.82, 2.24) is 5.32 Å². The van der Waals surface area contributed by atoms with E-state index in [1.807, 2.05) is 6.92 Å². The number of hydrogen-bond donors (Lipinski definition) is 1. The highest BCUT2D eigenvalue weighted by Crippen LogP contribution is 2.44. The summed E-state index contributed by atoms with van der Waals surface area (Å²) in [7, 11) is 1.57. The molecule has 2 atom stereocenters. The van der Waals surface area contributed by atoms with Crippen LogP contribution in [0.1, 0.15) is 31.2 Å². The Bertz CT molecular complexity index is 532. The molecule has 2 rings (SSSR count). The van der Waals surface area contributed by atoms with Crippen LogP contribution in [0, 0.1) is 11.2 Å². The Labute approximate surface area is 117 Å². The molecule has 0 aliphatic carbocycles. The van der Waals surface area contributed by atoms with Crippen molar-refractivity contribution in [1.29, 1.82) is 0 Å². The van der Waals surface area contributed by atoms with Gasteiger partial charge in [0.15, 0.2) is 0 Å². The first-order valence-corrected chi connectivity index (χ1v) is 6.54. The van der Waals surface area contributed by atoms with Crippen molar-refractivity contribution < 1.29 is 18.7 Å². The standard InChI is InChI=1S/C15H18FNO3/c1-15(6-7-20-2)9-12(18)17-14(19)13(15)10-4-3-5-11(16)8-10/h3-5,8,13H,6-7,9H2,1-2H3,(H,17,18,19). The van der Waals surface area contributed by atoms with Gasteiger partial charge in [0.25, 0.3) is 0 Å². The second-order valence-electron chi connectivity index (χ2n) is 5.47. The average Bonchev–Trinajstić information content (AvgIpc) is 2.35. The Morgan fingerprint density at radius 3 is 2.85 bits per heavy atom. The molecule has 2 unspecified atom stereocenters. The number of imide groups is 1. The van der Waals surface area contributed by atoms with Gasteiger partial charge in [-0.05, 0) is 29.5 Å². The van der Waals surface area contributed by atoms with Crippen molar-refractivity contribution in [3.8, 4) is 0 Å². The average molecular weight is 279 g/mol. The minimum absolute atomic E-state index is 0.225. The van der Waals surface area contributed by atoms with E-state index < -0.39 is 11.3 Å². The van der Waals surface area contributed by atoms with Gasteiger partial charge in [0.1, 0.15) is 5.82 Å². The summed E-state index contributed by atoms with van der Waals surface area (Å²) in [5.41, 5.74) is 0.0250. The lowest BCUT2D eigenvalue weighted by Gasteiger charge is -2.40. The third-order valence-corrected chi connectivity index (χ3v) is 3.85. The Balaban J connectivity index is 2.39. The Morgan fingerprint density at radius 1 is 1.45 bits per heavy atom. The van der Waals surface area contributed by atoms with E-state index in [4.69, 9.17) is 4.74 Å². The van der Waals surface area contributed by atoms with Crippen LogP contribution < -0.4 is 5.32 Å². The first kappa shape index (κ1) is 14.7. The number of ether oxygens (including phenoxy) is 1. The van der Waals surface area contributed by atoms with Crippen molar-refractivity contribution in [3.05, 3.63) is 35.6 Å². The molecule has 1 aromatic rings. The summed E-state index contributed by atoms with van der Waals surface area (Å²) in [4.78, 5) is 23.8. The van der Waals surface area contributed by atoms with Crippen molar-refractivity contribution in [2.75, 3.05) is 13.7 Å². The van der Waals surface area contributed by atoms with Crippen LogP contribution in [0.3, 0.4) is 0 Å². The summed E-state index contributed by atoms with van der Waals surface area (Å²) in [6, 6.07) is 5.98. The molecule has 2 amide bonds. The van der Waals surface area contributed by atoms with E-state index in [1.165, 1.54) is 12.1 Å². The predicted octanol–water partition coefficient (Wildman–Crippen LogP) is 2.00. The molecule has 20 heavy (non-hydrogen) atoms. The molecule has 1 N–H and O–H groups in total. The summed E-state index contributed by atoms with van der Waals surface area (Å²) in [6.07, 6.45) is 0.785. The lowest BCUT2D eigenvalue weighted by atomic mass is 9.67. The van der Waals surface area contributed by atoms with E-state index in [2.05, 4.69) is 5.32 Å². The molecule has 1 aliphatic rings. The molecule has 0 saturated carbocycles. The molecule has 1 aliphatic heterocycles. The van der Waals surface area contributed by atoms with Gasteiger partial charge < -0.3 is 4.74 Å². The highest BCUT2D eigenvalue weighted by atomic mass is 19.1. The number of piperidine rings is 1. The third kappa shape index (κ3) is 2.88. The summed E-state index contributed by atoms with van der Waals surface area (Å²) in [6.45, 7) is 2.32. The zero-order valence-corrected chi connectivity index (χ0v) is 11.6. The fourth-order valence-corrected chi connectivity index (χ4v) is 2.85. The molecule has 1 fully saturated rings. The second-order valence-corrected chi connectivity index (χ2v) is 5.47. The maximum absolute atomic E-state index is 13.4. The summed E-state index contributed by atoms with van der Waals surface area (Å²) in [5, 5.41) is 2.34. The quantitative estimate of drug-likeness (QED) is 0.858. The van der Waals surface area contributed by atoms with E-state index in [0.717, 1.165) is 0 Å². The Morgan fingerprint density at radius 2 is 2.20 bits per heavy atom. The zero-order valence-electron chi connectivity index (χ0n) is 11.6. The largest absolute Gasteiger partial charge is 0.385 e. The van der Waals surface area contributed by atoms with Gasteiger partial charge in [0.2, 0.25) is 11.8 Å². The maximum Gasteiger partial charge on any atom is 0.234 e. The molecule has 0 aromatic heterocycles. The molecular formula is C15H18FNO3. The Hall–Kier alpha value is -1.75. The van der Waals surface area contributed by atoms with Crippen LogP contribution in [0.2, 0.25) is 0 Å². The van der Waals surface area contributed by atoms with Crippen LogP contribution in [-0.4, -0.2) is 25.5 Å². The molecule has 1 saturated heterocycles. The van der Waals surface area contributed by atoms with Gasteiger partial charge in [0.05, 0.1) is 5.92 Å². The number of rotatable bonds is 4. The second kappa shape index (κ2) is 5.71. The maximum atomic E-state index is 13.4. The zero-order chi connectivity index (χ0) is 14.8. The van der Waals surface area contributed by atoms with Gasteiger partial charge in [-0.2, -0.15) is 0 Å². The lowest BCUT2D eigenvalue weighted by Crippen LogP contribution is -2.50. The van der Waals surface area contributed by atoms with E-state index in [1.54, 1.807) is 19.2 Å². The first-order chi connectivity index (χ1) is 9.46. The van der Waals surface area contributed by atoms with E-state index >= 15 is 0 Å². The van der Waals surface area contributed by atoms with Crippen LogP contribution in [0.25, 0.3) is 0 Å². The molecule has 108 valence electrons. The predicted molar refractivity (Wildman–Crippen MR) is 71.5 cm³/mol. The SMILES string of the molecule is COCCC1(C)CC(=O)NC(=O)C1c1cccc(F)c1. The van der Waals surface area contributed by atoms with Crippen LogP contribution in [-0.2, 0) is 14.3 Å². The number of halogens is 1. The number of benzene rings is 1. The van der Waals surface area contributed by atoms with Crippen molar-refractivity contribution in [2.24, 2.45) is 5.41 Å². The van der Waals surface area contributed by atoms with E-state index in [0.29, 0.717) is 18.6 Å². The summed E-state index contributed by atoms with van der Waals surface area (Å²) < 4.78 is 18.5. The molecule has 0 radical (unpaired) electrons. The topological polar surface area (TPSA) is 55.4 Å². The van der Waals surface area contributed by atoms with E-state index in [-0.39, 0.29) is 24.1 Å². The fourth-order valence-electron chi connectivity index (χ4n) is 2.85. The smallest absolute Gasteiger partial charge is 0.234 e. The van der Waals surface area contributed by atoms with Crippen molar-refractivity contribution in [3.63, 3.8) is 0 Å². The van der Waals surface area contributed by atoms with Gasteiger partial charge in [-0.25, -0.2) is 4.39 Å². The van der Waals surface area contributed by atoms with Gasteiger partial charge in [0, 0.05) is 20.1 Å². The van der Waals surface area contributed by atoms with Crippen LogP contribution in [0.5, 0.6) is 0 Å². The van der Waals surface area contributed by atoms with Gasteiger partial charge in [-0.15, -0.1) is 0 Å². The van der Waals surface area contributed by atoms with Crippen molar-refractivity contribution in [2.45, 2.75) is 25.7 Å². The number of nitrogens with one attached hydrogen (secondary N) is 1. The number of methoxy groups -OCH3 is 1. The van der Waals surface area contributed by atoms with Crippen LogP contribution in [0.15, 0.2) is 24.3 Å². The molecule has 0 spiro atoms. The molecule has 1 aromatic carbocycles. The molecule has 1 heterocycles. The minimum atomic E-state index is -0.566. The van der Waals surface area contributed by atoms with E-state index in [9.17, 15) is 14.0 Å². The monoisotopic (exact) mass is 279 g/mol. The summed E-state index contributed by atoms with van der Waals surface area (Å²) >= 11 is 0. The number of hydrogen-bond acceptors (Lipinski definition) is 3. The number of amides is 2. The highest BCUT2D eigenvalue weighted by Gasteiger charge is 2.45. The minimum Gasteiger partial charge on any atom is -0.385 e. The molecule has 0 bridgehead atoms. The fraction of sp³-hybridized carbons (Fsp3) is 0.467. The highest BCUT2D eigenvalue weighted by molar-refractivity contribution is 6.02. The number of carbonyl (C=O) groups excluding carboxylic acids is 2. The lowest BCUT2D eigenvalue weighted by molar-refractivity contribution is -0.140. The normalized spacial score (nSPS) is 26.4. The van der Waals surface area contributed by atoms with Gasteiger partial charge in [-0.1, -0.05) is 19.1 Å². The van der Waals surface area contributed by atoms with Crippen molar-refractivity contribution >= 4 is 11.8 Å². The van der Waals surface area contributed by atoms with Crippen LogP contribution in [0.4, 0.5) is 4.39 Å². The number of carbonyl (C=O) groups is 2. The third-order valence-electron chi connectivity index (χ3n) is 3.85. The Kier molecular flexibility index (Phi) is 4.18. The van der Waals surface area contributed by atoms with Gasteiger partial charge >= 0.3 is 0 Å². The first-order valence-electron chi connectivity index (χ1n) is 6.54. The molecule has 5 heteroatoms. The van der Waals surface area contributed by atoms with Crippen LogP contribution >= 0.6 is 0 Å². The van der Waals surface area contributed by atoms with Gasteiger partial charge in [-0.3, -0.25) is 14.9 Å².